The van der Waals surface area contributed by atoms with E-state index in [2.05, 4.69) is 5.32 Å². The van der Waals surface area contributed by atoms with Crippen molar-refractivity contribution in [3.8, 4) is 0 Å². The number of carboxylic acids is 1. The second-order valence-electron chi connectivity index (χ2n) is 6.51. The predicted molar refractivity (Wildman–Crippen MR) is 90.7 cm³/mol. The Hall–Kier alpha value is -2.08. The SMILES string of the molecule is CC1(C(=O)O)CCN(C(=O)NCCCCOCc2ccccc2)C1. The topological polar surface area (TPSA) is 78.9 Å². The van der Waals surface area contributed by atoms with Gasteiger partial charge in [-0.15, -0.1) is 0 Å². The lowest BCUT2D eigenvalue weighted by molar-refractivity contribution is -0.146. The van der Waals surface area contributed by atoms with Crippen molar-refractivity contribution in [2.24, 2.45) is 5.41 Å². The quantitative estimate of drug-likeness (QED) is 0.716. The number of likely N-dealkylation sites (tertiary alicyclic amines) is 1. The molecule has 6 heteroatoms. The lowest BCUT2D eigenvalue weighted by Crippen LogP contribution is -2.41. The average Bonchev–Trinajstić information content (AvgIpc) is 2.99. The molecule has 0 saturated carbocycles. The number of amides is 2. The van der Waals surface area contributed by atoms with Gasteiger partial charge in [0.2, 0.25) is 0 Å². The number of hydrogen-bond donors (Lipinski definition) is 2. The van der Waals surface area contributed by atoms with Crippen molar-refractivity contribution >= 4 is 12.0 Å². The van der Waals surface area contributed by atoms with Crippen LogP contribution < -0.4 is 5.32 Å². The summed E-state index contributed by atoms with van der Waals surface area (Å²) >= 11 is 0. The number of benzene rings is 1. The van der Waals surface area contributed by atoms with E-state index in [1.54, 1.807) is 11.8 Å². The summed E-state index contributed by atoms with van der Waals surface area (Å²) in [7, 11) is 0. The highest BCUT2D eigenvalue weighted by molar-refractivity contribution is 5.79. The van der Waals surface area contributed by atoms with Crippen LogP contribution in [-0.4, -0.2) is 48.2 Å². The number of rotatable bonds is 8. The molecule has 1 aliphatic rings. The van der Waals surface area contributed by atoms with E-state index in [1.807, 2.05) is 30.3 Å². The van der Waals surface area contributed by atoms with Crippen molar-refractivity contribution in [2.75, 3.05) is 26.2 Å². The molecule has 0 bridgehead atoms. The highest BCUT2D eigenvalue weighted by Crippen LogP contribution is 2.29. The number of carboxylic acid groups (broad SMARTS) is 1. The molecule has 1 heterocycles. The third-order valence-electron chi connectivity index (χ3n) is 4.38. The second kappa shape index (κ2) is 8.68. The lowest BCUT2D eigenvalue weighted by atomic mass is 9.90. The van der Waals surface area contributed by atoms with Crippen molar-refractivity contribution < 1.29 is 19.4 Å². The van der Waals surface area contributed by atoms with Crippen LogP contribution in [0.4, 0.5) is 4.79 Å². The molecule has 24 heavy (non-hydrogen) atoms. The number of ether oxygens (including phenoxy) is 1. The maximum absolute atomic E-state index is 12.0. The Kier molecular flexibility index (Phi) is 6.61. The minimum Gasteiger partial charge on any atom is -0.481 e. The third-order valence-corrected chi connectivity index (χ3v) is 4.38. The second-order valence-corrected chi connectivity index (χ2v) is 6.51. The Bertz CT molecular complexity index is 549. The number of urea groups is 1. The third kappa shape index (κ3) is 5.23. The number of aliphatic carboxylic acids is 1. The Morgan fingerprint density at radius 1 is 1.29 bits per heavy atom. The lowest BCUT2D eigenvalue weighted by Gasteiger charge is -2.20. The van der Waals surface area contributed by atoms with E-state index in [4.69, 9.17) is 4.74 Å². The van der Waals surface area contributed by atoms with Crippen LogP contribution in [0.1, 0.15) is 31.7 Å². The molecular weight excluding hydrogens is 308 g/mol. The Balaban J connectivity index is 1.53. The zero-order valence-corrected chi connectivity index (χ0v) is 14.2. The minimum atomic E-state index is -0.839. The Morgan fingerprint density at radius 3 is 2.71 bits per heavy atom. The fraction of sp³-hybridized carbons (Fsp3) is 0.556. The summed E-state index contributed by atoms with van der Waals surface area (Å²) < 4.78 is 5.59. The van der Waals surface area contributed by atoms with Crippen LogP contribution in [0.15, 0.2) is 30.3 Å². The van der Waals surface area contributed by atoms with Gasteiger partial charge in [-0.05, 0) is 31.7 Å². The normalized spacial score (nSPS) is 20.1. The van der Waals surface area contributed by atoms with Crippen molar-refractivity contribution in [1.82, 2.24) is 10.2 Å². The van der Waals surface area contributed by atoms with Gasteiger partial charge in [0.15, 0.2) is 0 Å². The monoisotopic (exact) mass is 334 g/mol. The summed E-state index contributed by atoms with van der Waals surface area (Å²) in [5.41, 5.74) is 0.337. The van der Waals surface area contributed by atoms with E-state index >= 15 is 0 Å². The van der Waals surface area contributed by atoms with Gasteiger partial charge in [-0.1, -0.05) is 30.3 Å². The fourth-order valence-electron chi connectivity index (χ4n) is 2.71. The fourth-order valence-corrected chi connectivity index (χ4v) is 2.71. The van der Waals surface area contributed by atoms with Crippen molar-refractivity contribution in [2.45, 2.75) is 32.8 Å². The van der Waals surface area contributed by atoms with Gasteiger partial charge in [0.25, 0.3) is 0 Å². The molecule has 0 aromatic heterocycles. The molecule has 1 saturated heterocycles. The van der Waals surface area contributed by atoms with Gasteiger partial charge in [-0.3, -0.25) is 4.79 Å². The summed E-state index contributed by atoms with van der Waals surface area (Å²) in [6.45, 7) is 4.30. The van der Waals surface area contributed by atoms with Gasteiger partial charge in [0, 0.05) is 26.2 Å². The molecule has 0 aliphatic carbocycles. The molecule has 1 aliphatic heterocycles. The van der Waals surface area contributed by atoms with Crippen molar-refractivity contribution in [3.05, 3.63) is 35.9 Å². The minimum absolute atomic E-state index is 0.176. The van der Waals surface area contributed by atoms with E-state index < -0.39 is 11.4 Å². The zero-order chi connectivity index (χ0) is 17.4. The number of unbranched alkanes of at least 4 members (excludes halogenated alkanes) is 1. The summed E-state index contributed by atoms with van der Waals surface area (Å²) in [4.78, 5) is 24.8. The molecule has 2 amide bonds. The first kappa shape index (κ1) is 18.3. The van der Waals surface area contributed by atoms with Gasteiger partial charge in [0.05, 0.1) is 12.0 Å². The molecule has 132 valence electrons. The molecule has 1 aromatic rings. The zero-order valence-electron chi connectivity index (χ0n) is 14.2. The van der Waals surface area contributed by atoms with E-state index in [1.165, 1.54) is 0 Å². The number of hydrogen-bond acceptors (Lipinski definition) is 3. The van der Waals surface area contributed by atoms with E-state index in [-0.39, 0.29) is 12.6 Å². The van der Waals surface area contributed by atoms with E-state index in [0.29, 0.717) is 32.7 Å². The summed E-state index contributed by atoms with van der Waals surface area (Å²) in [5, 5.41) is 12.0. The van der Waals surface area contributed by atoms with Crippen molar-refractivity contribution in [3.63, 3.8) is 0 Å². The highest BCUT2D eigenvalue weighted by atomic mass is 16.5. The molecule has 0 spiro atoms. The molecule has 1 aromatic carbocycles. The summed E-state index contributed by atoms with van der Waals surface area (Å²) in [6, 6.07) is 9.84. The number of nitrogens with zero attached hydrogens (tertiary/aromatic N) is 1. The predicted octanol–water partition coefficient (Wildman–Crippen LogP) is 2.49. The van der Waals surface area contributed by atoms with Gasteiger partial charge in [-0.2, -0.15) is 0 Å². The van der Waals surface area contributed by atoms with Crippen molar-refractivity contribution in [1.29, 1.82) is 0 Å². The van der Waals surface area contributed by atoms with Crippen LogP contribution in [-0.2, 0) is 16.1 Å². The van der Waals surface area contributed by atoms with Crippen LogP contribution in [0.5, 0.6) is 0 Å². The van der Waals surface area contributed by atoms with Crippen LogP contribution in [0, 0.1) is 5.41 Å². The largest absolute Gasteiger partial charge is 0.481 e. The molecule has 1 fully saturated rings. The van der Waals surface area contributed by atoms with Gasteiger partial charge >= 0.3 is 12.0 Å². The summed E-state index contributed by atoms with van der Waals surface area (Å²) in [6.07, 6.45) is 2.22. The number of nitrogens with one attached hydrogen (secondary N) is 1. The van der Waals surface area contributed by atoms with Gasteiger partial charge in [-0.25, -0.2) is 4.79 Å². The Morgan fingerprint density at radius 2 is 2.04 bits per heavy atom. The van der Waals surface area contributed by atoms with Gasteiger partial charge < -0.3 is 20.1 Å². The van der Waals surface area contributed by atoms with Crippen LogP contribution in [0.2, 0.25) is 0 Å². The molecular formula is C18H26N2O4. The standard InChI is InChI=1S/C18H26N2O4/c1-18(16(21)22)9-11-20(14-18)17(23)19-10-5-6-12-24-13-15-7-3-2-4-8-15/h2-4,7-8H,5-6,9-14H2,1H3,(H,19,23)(H,21,22). The highest BCUT2D eigenvalue weighted by Gasteiger charge is 2.42. The molecule has 2 rings (SSSR count). The van der Waals surface area contributed by atoms with E-state index in [9.17, 15) is 14.7 Å². The Labute approximate surface area is 142 Å². The average molecular weight is 334 g/mol. The first-order valence-electron chi connectivity index (χ1n) is 8.39. The first-order chi connectivity index (χ1) is 11.5. The molecule has 6 nitrogen and oxygen atoms in total. The maximum atomic E-state index is 12.0. The molecule has 1 atom stereocenters. The first-order valence-corrected chi connectivity index (χ1v) is 8.39. The summed E-state index contributed by atoms with van der Waals surface area (Å²) in [5.74, 6) is -0.839. The molecule has 1 unspecified atom stereocenters. The smallest absolute Gasteiger partial charge is 0.317 e. The van der Waals surface area contributed by atoms with E-state index in [0.717, 1.165) is 18.4 Å². The number of carbonyl (C=O) groups excluding carboxylic acids is 1. The van der Waals surface area contributed by atoms with Crippen LogP contribution in [0.25, 0.3) is 0 Å². The van der Waals surface area contributed by atoms with Crippen LogP contribution in [0.3, 0.4) is 0 Å². The number of carbonyl (C=O) groups is 2. The molecule has 2 N–H and O–H groups in total. The molecule has 0 radical (unpaired) electrons. The maximum Gasteiger partial charge on any atom is 0.317 e. The van der Waals surface area contributed by atoms with Gasteiger partial charge in [0.1, 0.15) is 0 Å². The van der Waals surface area contributed by atoms with Crippen LogP contribution >= 0.6 is 0 Å².